The van der Waals surface area contributed by atoms with Crippen molar-refractivity contribution in [2.45, 2.75) is 32.8 Å². The summed E-state index contributed by atoms with van der Waals surface area (Å²) in [5, 5.41) is 2.31. The Hall–Kier alpha value is -1.59. The van der Waals surface area contributed by atoms with Crippen molar-refractivity contribution in [3.63, 3.8) is 0 Å². The first-order valence-corrected chi connectivity index (χ1v) is 6.10. The fourth-order valence-corrected chi connectivity index (χ4v) is 2.33. The van der Waals surface area contributed by atoms with Crippen LogP contribution in [0, 0.1) is 11.8 Å². The number of carbonyl (C=O) groups is 3. The molecule has 2 atom stereocenters. The molecule has 100 valence electrons. The zero-order valence-corrected chi connectivity index (χ0v) is 10.9. The van der Waals surface area contributed by atoms with Crippen LogP contribution in [-0.4, -0.2) is 41.5 Å². The molecule has 0 aliphatic carbocycles. The highest BCUT2D eigenvalue weighted by atomic mass is 16.6. The number of nitrogens with zero attached hydrogens (tertiary/aromatic N) is 1. The second kappa shape index (κ2) is 4.26. The minimum absolute atomic E-state index is 0.214. The Bertz CT molecular complexity index is 399. The van der Waals surface area contributed by atoms with Gasteiger partial charge < -0.3 is 9.64 Å². The van der Waals surface area contributed by atoms with E-state index in [0.29, 0.717) is 13.0 Å². The normalized spacial score (nSPS) is 27.8. The van der Waals surface area contributed by atoms with Crippen molar-refractivity contribution in [2.75, 3.05) is 13.1 Å². The number of amides is 3. The molecular formula is C12H18N2O4. The van der Waals surface area contributed by atoms with E-state index in [9.17, 15) is 14.4 Å². The van der Waals surface area contributed by atoms with Crippen molar-refractivity contribution in [2.24, 2.45) is 11.8 Å². The molecule has 0 aromatic rings. The van der Waals surface area contributed by atoms with E-state index in [0.717, 1.165) is 0 Å². The first kappa shape index (κ1) is 12.9. The highest BCUT2D eigenvalue weighted by Crippen LogP contribution is 2.29. The minimum atomic E-state index is -0.554. The Kier molecular flexibility index (Phi) is 3.04. The molecule has 0 aromatic carbocycles. The fourth-order valence-electron chi connectivity index (χ4n) is 2.33. The van der Waals surface area contributed by atoms with Gasteiger partial charge >= 0.3 is 6.09 Å². The van der Waals surface area contributed by atoms with Gasteiger partial charge in [-0.25, -0.2) is 4.79 Å². The Morgan fingerprint density at radius 2 is 1.89 bits per heavy atom. The van der Waals surface area contributed by atoms with E-state index in [4.69, 9.17) is 4.74 Å². The maximum Gasteiger partial charge on any atom is 0.410 e. The molecular weight excluding hydrogens is 236 g/mol. The van der Waals surface area contributed by atoms with Gasteiger partial charge in [0.05, 0.1) is 11.8 Å². The first-order valence-electron chi connectivity index (χ1n) is 6.10. The zero-order valence-electron chi connectivity index (χ0n) is 10.9. The van der Waals surface area contributed by atoms with Crippen LogP contribution in [0.4, 0.5) is 4.79 Å². The Balaban J connectivity index is 2.01. The molecule has 18 heavy (non-hydrogen) atoms. The lowest BCUT2D eigenvalue weighted by Gasteiger charge is -2.33. The van der Waals surface area contributed by atoms with Gasteiger partial charge in [0.1, 0.15) is 5.60 Å². The van der Waals surface area contributed by atoms with Crippen LogP contribution in [0.3, 0.4) is 0 Å². The van der Waals surface area contributed by atoms with Crippen molar-refractivity contribution in [1.29, 1.82) is 0 Å². The zero-order chi connectivity index (χ0) is 13.5. The predicted octanol–water partition coefficient (Wildman–Crippen LogP) is 0.516. The highest BCUT2D eigenvalue weighted by molar-refractivity contribution is 6.05. The van der Waals surface area contributed by atoms with Crippen LogP contribution in [0.2, 0.25) is 0 Å². The van der Waals surface area contributed by atoms with Crippen LogP contribution in [-0.2, 0) is 14.3 Å². The van der Waals surface area contributed by atoms with Gasteiger partial charge in [0, 0.05) is 13.1 Å². The molecule has 6 nitrogen and oxygen atoms in total. The molecule has 0 bridgehead atoms. The quantitative estimate of drug-likeness (QED) is 0.639. The molecule has 0 spiro atoms. The number of hydrogen-bond donors (Lipinski definition) is 1. The van der Waals surface area contributed by atoms with Crippen LogP contribution in [0.5, 0.6) is 0 Å². The summed E-state index contributed by atoms with van der Waals surface area (Å²) < 4.78 is 5.26. The second-order valence-electron chi connectivity index (χ2n) is 5.78. The van der Waals surface area contributed by atoms with Crippen LogP contribution < -0.4 is 5.32 Å². The SMILES string of the molecule is CC(C)(C)OC(=O)N1CC[C@@H]2C(=O)NC(=O)[C@H]2C1. The Morgan fingerprint density at radius 3 is 2.50 bits per heavy atom. The number of rotatable bonds is 0. The molecule has 2 aliphatic heterocycles. The summed E-state index contributed by atoms with van der Waals surface area (Å²) >= 11 is 0. The molecule has 0 aromatic heterocycles. The van der Waals surface area contributed by atoms with E-state index < -0.39 is 17.6 Å². The van der Waals surface area contributed by atoms with E-state index in [1.807, 2.05) is 0 Å². The fraction of sp³-hybridized carbons (Fsp3) is 0.750. The summed E-state index contributed by atoms with van der Waals surface area (Å²) in [7, 11) is 0. The monoisotopic (exact) mass is 254 g/mol. The Labute approximate surface area is 106 Å². The second-order valence-corrected chi connectivity index (χ2v) is 5.78. The lowest BCUT2D eigenvalue weighted by molar-refractivity contribution is -0.126. The number of likely N-dealkylation sites (tertiary alicyclic amines) is 1. The van der Waals surface area contributed by atoms with Gasteiger partial charge in [-0.2, -0.15) is 0 Å². The van der Waals surface area contributed by atoms with E-state index in [1.54, 1.807) is 20.8 Å². The van der Waals surface area contributed by atoms with Crippen molar-refractivity contribution in [3.8, 4) is 0 Å². The Morgan fingerprint density at radius 1 is 1.28 bits per heavy atom. The van der Waals surface area contributed by atoms with Crippen LogP contribution in [0.25, 0.3) is 0 Å². The number of hydrogen-bond acceptors (Lipinski definition) is 4. The summed E-state index contributed by atoms with van der Waals surface area (Å²) in [4.78, 5) is 36.4. The molecule has 1 N–H and O–H groups in total. The predicted molar refractivity (Wildman–Crippen MR) is 62.6 cm³/mol. The van der Waals surface area contributed by atoms with Gasteiger partial charge in [0.2, 0.25) is 11.8 Å². The maximum absolute atomic E-state index is 11.9. The number of carbonyl (C=O) groups excluding carboxylic acids is 3. The molecule has 0 unspecified atom stereocenters. The number of fused-ring (bicyclic) bond motifs is 1. The lowest BCUT2D eigenvalue weighted by Crippen LogP contribution is -2.46. The molecule has 2 aliphatic rings. The largest absolute Gasteiger partial charge is 0.444 e. The van der Waals surface area contributed by atoms with E-state index in [-0.39, 0.29) is 24.3 Å². The summed E-state index contributed by atoms with van der Waals surface area (Å²) in [6, 6.07) is 0. The van der Waals surface area contributed by atoms with Crippen molar-refractivity contribution < 1.29 is 19.1 Å². The molecule has 0 saturated carbocycles. The van der Waals surface area contributed by atoms with Gasteiger partial charge in [-0.05, 0) is 27.2 Å². The van der Waals surface area contributed by atoms with Crippen LogP contribution in [0.15, 0.2) is 0 Å². The molecule has 3 amide bonds. The maximum atomic E-state index is 11.9. The van der Waals surface area contributed by atoms with E-state index in [1.165, 1.54) is 4.90 Å². The minimum Gasteiger partial charge on any atom is -0.444 e. The van der Waals surface area contributed by atoms with Gasteiger partial charge in [-0.1, -0.05) is 0 Å². The lowest BCUT2D eigenvalue weighted by atomic mass is 9.88. The third-order valence-corrected chi connectivity index (χ3v) is 3.18. The summed E-state index contributed by atoms with van der Waals surface area (Å²) in [5.41, 5.74) is -0.554. The molecule has 0 radical (unpaired) electrons. The van der Waals surface area contributed by atoms with Gasteiger partial charge in [-0.3, -0.25) is 14.9 Å². The molecule has 6 heteroatoms. The number of nitrogens with one attached hydrogen (secondary N) is 1. The van der Waals surface area contributed by atoms with Crippen LogP contribution in [0.1, 0.15) is 27.2 Å². The standard InChI is InChI=1S/C12H18N2O4/c1-12(2,3)18-11(17)14-5-4-7-8(6-14)10(16)13-9(7)15/h7-8H,4-6H2,1-3H3,(H,13,15,16)/t7-,8-/m0/s1. The summed E-state index contributed by atoms with van der Waals surface area (Å²) in [6.45, 7) is 6.10. The summed E-state index contributed by atoms with van der Waals surface area (Å²) in [6.07, 6.45) is 0.0923. The van der Waals surface area contributed by atoms with Gasteiger partial charge in [-0.15, -0.1) is 0 Å². The van der Waals surface area contributed by atoms with Gasteiger partial charge in [0.25, 0.3) is 0 Å². The smallest absolute Gasteiger partial charge is 0.410 e. The van der Waals surface area contributed by atoms with E-state index >= 15 is 0 Å². The third-order valence-electron chi connectivity index (χ3n) is 3.18. The summed E-state index contributed by atoms with van der Waals surface area (Å²) in [5.74, 6) is -1.19. The van der Waals surface area contributed by atoms with E-state index in [2.05, 4.69) is 5.32 Å². The van der Waals surface area contributed by atoms with Gasteiger partial charge in [0.15, 0.2) is 0 Å². The average molecular weight is 254 g/mol. The number of piperidine rings is 1. The van der Waals surface area contributed by atoms with Crippen molar-refractivity contribution >= 4 is 17.9 Å². The average Bonchev–Trinajstić information content (AvgIpc) is 2.52. The molecule has 2 fully saturated rings. The van der Waals surface area contributed by atoms with Crippen molar-refractivity contribution in [3.05, 3.63) is 0 Å². The molecule has 2 heterocycles. The highest BCUT2D eigenvalue weighted by Gasteiger charge is 2.46. The molecule has 2 rings (SSSR count). The topological polar surface area (TPSA) is 75.7 Å². The van der Waals surface area contributed by atoms with Crippen LogP contribution >= 0.6 is 0 Å². The number of ether oxygens (including phenoxy) is 1. The molecule has 2 saturated heterocycles. The third kappa shape index (κ3) is 2.47. The number of imide groups is 1. The first-order chi connectivity index (χ1) is 8.28. The van der Waals surface area contributed by atoms with Crippen molar-refractivity contribution in [1.82, 2.24) is 10.2 Å².